The molecule has 0 radical (unpaired) electrons. The van der Waals surface area contributed by atoms with Crippen LogP contribution in [0.25, 0.3) is 0 Å². The van der Waals surface area contributed by atoms with Gasteiger partial charge in [-0.3, -0.25) is 4.79 Å². The van der Waals surface area contributed by atoms with Gasteiger partial charge in [-0.2, -0.15) is 17.0 Å². The van der Waals surface area contributed by atoms with E-state index in [1.54, 1.807) is 16.7 Å². The Labute approximate surface area is 182 Å². The van der Waals surface area contributed by atoms with Gasteiger partial charge < -0.3 is 9.64 Å². The third-order valence-corrected chi connectivity index (χ3v) is 8.26. The third kappa shape index (κ3) is 6.08. The molecule has 10 heteroatoms. The van der Waals surface area contributed by atoms with Crippen LogP contribution in [0.1, 0.15) is 20.3 Å². The zero-order valence-electron chi connectivity index (χ0n) is 16.8. The van der Waals surface area contributed by atoms with Crippen LogP contribution in [0, 0.1) is 0 Å². The summed E-state index contributed by atoms with van der Waals surface area (Å²) in [6.45, 7) is 6.03. The van der Waals surface area contributed by atoms with E-state index in [2.05, 4.69) is 0 Å². The molecule has 7 nitrogen and oxygen atoms in total. The standard InChI is InChI=1S/C19H28ClN3O4S2/c1-15-13-23(14-16(2)27-15)29(25,26)22-10-8-21(9-11-22)19(24)7-12-28-18-5-3-17(20)4-6-18/h3-6,15-16H,7-14H2,1-2H3. The molecule has 2 aliphatic rings. The number of ether oxygens (including phenoxy) is 1. The molecule has 2 aliphatic heterocycles. The Kier molecular flexibility index (Phi) is 7.86. The van der Waals surface area contributed by atoms with Crippen LogP contribution in [-0.4, -0.2) is 85.1 Å². The van der Waals surface area contributed by atoms with E-state index >= 15 is 0 Å². The first kappa shape index (κ1) is 22.8. The highest BCUT2D eigenvalue weighted by molar-refractivity contribution is 7.99. The molecule has 0 N–H and O–H groups in total. The molecule has 0 aliphatic carbocycles. The zero-order valence-corrected chi connectivity index (χ0v) is 19.2. The van der Waals surface area contributed by atoms with Crippen LogP contribution in [0.4, 0.5) is 0 Å². The molecule has 1 aromatic carbocycles. The topological polar surface area (TPSA) is 70.2 Å². The number of thioether (sulfide) groups is 1. The van der Waals surface area contributed by atoms with Crippen molar-refractivity contribution >= 4 is 39.5 Å². The summed E-state index contributed by atoms with van der Waals surface area (Å²) in [5, 5.41) is 0.694. The summed E-state index contributed by atoms with van der Waals surface area (Å²) in [6.07, 6.45) is 0.197. The van der Waals surface area contributed by atoms with Crippen LogP contribution in [0.5, 0.6) is 0 Å². The van der Waals surface area contributed by atoms with Gasteiger partial charge in [-0.05, 0) is 38.1 Å². The van der Waals surface area contributed by atoms with Crippen molar-refractivity contribution in [1.29, 1.82) is 0 Å². The van der Waals surface area contributed by atoms with Crippen molar-refractivity contribution in [3.05, 3.63) is 29.3 Å². The molecule has 0 saturated carbocycles. The van der Waals surface area contributed by atoms with Gasteiger partial charge in [-0.25, -0.2) is 0 Å². The lowest BCUT2D eigenvalue weighted by Crippen LogP contribution is -2.57. The Hall–Kier alpha value is -0.840. The van der Waals surface area contributed by atoms with Crippen molar-refractivity contribution in [2.75, 3.05) is 45.0 Å². The summed E-state index contributed by atoms with van der Waals surface area (Å²) in [4.78, 5) is 15.3. The second-order valence-corrected chi connectivity index (χ2v) is 10.9. The van der Waals surface area contributed by atoms with E-state index in [1.165, 1.54) is 8.61 Å². The van der Waals surface area contributed by atoms with Crippen LogP contribution in [0.15, 0.2) is 29.2 Å². The maximum absolute atomic E-state index is 12.9. The van der Waals surface area contributed by atoms with Crippen LogP contribution in [-0.2, 0) is 19.7 Å². The predicted octanol–water partition coefficient (Wildman–Crippen LogP) is 2.32. The fraction of sp³-hybridized carbons (Fsp3) is 0.632. The number of carbonyl (C=O) groups is 1. The van der Waals surface area contributed by atoms with E-state index in [-0.39, 0.29) is 18.1 Å². The minimum atomic E-state index is -3.52. The summed E-state index contributed by atoms with van der Waals surface area (Å²) >= 11 is 7.49. The molecule has 3 rings (SSSR count). The molecular weight excluding hydrogens is 434 g/mol. The molecule has 0 bridgehead atoms. The van der Waals surface area contributed by atoms with Gasteiger partial charge in [-0.15, -0.1) is 11.8 Å². The molecule has 2 atom stereocenters. The lowest BCUT2D eigenvalue weighted by molar-refractivity contribution is -0.131. The molecule has 1 amide bonds. The monoisotopic (exact) mass is 461 g/mol. The average Bonchev–Trinajstić information content (AvgIpc) is 2.69. The molecular formula is C19H28ClN3O4S2. The zero-order chi connectivity index (χ0) is 21.0. The fourth-order valence-electron chi connectivity index (χ4n) is 3.60. The molecule has 2 unspecified atom stereocenters. The average molecular weight is 462 g/mol. The predicted molar refractivity (Wildman–Crippen MR) is 115 cm³/mol. The van der Waals surface area contributed by atoms with Crippen molar-refractivity contribution < 1.29 is 17.9 Å². The van der Waals surface area contributed by atoms with Crippen molar-refractivity contribution in [1.82, 2.24) is 13.5 Å². The molecule has 162 valence electrons. The minimum absolute atomic E-state index is 0.0668. The lowest BCUT2D eigenvalue weighted by atomic mass is 10.3. The number of carbonyl (C=O) groups excluding carboxylic acids is 1. The number of amides is 1. The number of halogens is 1. The molecule has 0 aromatic heterocycles. The smallest absolute Gasteiger partial charge is 0.282 e. The fourth-order valence-corrected chi connectivity index (χ4v) is 6.31. The Balaban J connectivity index is 1.45. The number of nitrogens with zero attached hydrogens (tertiary/aromatic N) is 3. The molecule has 1 aromatic rings. The molecule has 2 heterocycles. The number of hydrogen-bond acceptors (Lipinski definition) is 5. The first-order chi connectivity index (χ1) is 13.8. The maximum Gasteiger partial charge on any atom is 0.282 e. The summed E-state index contributed by atoms with van der Waals surface area (Å²) in [6, 6.07) is 7.55. The summed E-state index contributed by atoms with van der Waals surface area (Å²) in [5.41, 5.74) is 0. The van der Waals surface area contributed by atoms with E-state index in [0.717, 1.165) is 4.90 Å². The van der Waals surface area contributed by atoms with Gasteiger partial charge in [0.05, 0.1) is 12.2 Å². The Morgan fingerprint density at radius 3 is 2.24 bits per heavy atom. The highest BCUT2D eigenvalue weighted by atomic mass is 35.5. The molecule has 2 saturated heterocycles. The second kappa shape index (κ2) is 9.98. The Morgan fingerprint density at radius 2 is 1.66 bits per heavy atom. The second-order valence-electron chi connectivity index (χ2n) is 7.41. The number of hydrogen-bond donors (Lipinski definition) is 0. The van der Waals surface area contributed by atoms with Gasteiger partial charge in [0.25, 0.3) is 10.2 Å². The molecule has 0 spiro atoms. The SMILES string of the molecule is CC1CN(S(=O)(=O)N2CCN(C(=O)CCSc3ccc(Cl)cc3)CC2)CC(C)O1. The van der Waals surface area contributed by atoms with Crippen molar-refractivity contribution in [3.63, 3.8) is 0 Å². The minimum Gasteiger partial charge on any atom is -0.373 e. The number of morpholine rings is 1. The Bertz CT molecular complexity index is 788. The van der Waals surface area contributed by atoms with Crippen LogP contribution < -0.4 is 0 Å². The van der Waals surface area contributed by atoms with Gasteiger partial charge in [-0.1, -0.05) is 11.6 Å². The van der Waals surface area contributed by atoms with Gasteiger partial charge in [0, 0.05) is 61.4 Å². The molecule has 29 heavy (non-hydrogen) atoms. The Morgan fingerprint density at radius 1 is 1.07 bits per heavy atom. The van der Waals surface area contributed by atoms with Gasteiger partial charge in [0.1, 0.15) is 0 Å². The third-order valence-electron chi connectivity index (χ3n) is 5.03. The normalized spacial score (nSPS) is 24.6. The first-order valence-corrected chi connectivity index (χ1v) is 12.6. The highest BCUT2D eigenvalue weighted by Gasteiger charge is 2.37. The van der Waals surface area contributed by atoms with E-state index in [0.29, 0.717) is 56.5 Å². The van der Waals surface area contributed by atoms with Crippen LogP contribution in [0.3, 0.4) is 0 Å². The molecule has 2 fully saturated rings. The van der Waals surface area contributed by atoms with E-state index < -0.39 is 10.2 Å². The highest BCUT2D eigenvalue weighted by Crippen LogP contribution is 2.22. The summed E-state index contributed by atoms with van der Waals surface area (Å²) in [5.74, 6) is 0.750. The van der Waals surface area contributed by atoms with Crippen molar-refractivity contribution in [3.8, 4) is 0 Å². The number of rotatable bonds is 6. The quantitative estimate of drug-likeness (QED) is 0.608. The van der Waals surface area contributed by atoms with Crippen LogP contribution in [0.2, 0.25) is 5.02 Å². The van der Waals surface area contributed by atoms with Crippen LogP contribution >= 0.6 is 23.4 Å². The maximum atomic E-state index is 12.9. The number of benzene rings is 1. The van der Waals surface area contributed by atoms with E-state index in [1.807, 2.05) is 38.1 Å². The van der Waals surface area contributed by atoms with Gasteiger partial charge in [0.15, 0.2) is 0 Å². The summed E-state index contributed by atoms with van der Waals surface area (Å²) in [7, 11) is -3.52. The van der Waals surface area contributed by atoms with Crippen molar-refractivity contribution in [2.24, 2.45) is 0 Å². The van der Waals surface area contributed by atoms with Gasteiger partial charge in [0.2, 0.25) is 5.91 Å². The number of piperazine rings is 1. The van der Waals surface area contributed by atoms with E-state index in [9.17, 15) is 13.2 Å². The lowest BCUT2D eigenvalue weighted by Gasteiger charge is -2.40. The van der Waals surface area contributed by atoms with Crippen molar-refractivity contribution in [2.45, 2.75) is 37.4 Å². The van der Waals surface area contributed by atoms with Gasteiger partial charge >= 0.3 is 0 Å². The first-order valence-electron chi connectivity index (χ1n) is 9.82. The largest absolute Gasteiger partial charge is 0.373 e. The summed E-state index contributed by atoms with van der Waals surface area (Å²) < 4.78 is 34.5. The van der Waals surface area contributed by atoms with E-state index in [4.69, 9.17) is 16.3 Å².